The summed E-state index contributed by atoms with van der Waals surface area (Å²) >= 11 is 0. The quantitative estimate of drug-likeness (QED) is 0.863. The molecule has 2 aliphatic rings. The average Bonchev–Trinajstić information content (AvgIpc) is 3.32. The first-order chi connectivity index (χ1) is 13.4. The van der Waals surface area contributed by atoms with Crippen LogP contribution in [0.15, 0.2) is 41.5 Å². The van der Waals surface area contributed by atoms with Gasteiger partial charge in [0.2, 0.25) is 0 Å². The number of nitrogens with one attached hydrogen (secondary N) is 1. The molecule has 1 atom stereocenters. The summed E-state index contributed by atoms with van der Waals surface area (Å²) in [4.78, 5) is 9.03. The molecular weight excluding hydrogens is 371 g/mol. The van der Waals surface area contributed by atoms with E-state index >= 15 is 0 Å². The third kappa shape index (κ3) is 3.97. The van der Waals surface area contributed by atoms with Crippen molar-refractivity contribution in [2.75, 3.05) is 31.1 Å². The van der Waals surface area contributed by atoms with E-state index in [0.717, 1.165) is 32.2 Å². The fourth-order valence-corrected chi connectivity index (χ4v) is 3.49. The predicted molar refractivity (Wildman–Crippen MR) is 99.4 cm³/mol. The van der Waals surface area contributed by atoms with Gasteiger partial charge in [0.1, 0.15) is 13.0 Å². The molecule has 1 N–H and O–H groups in total. The molecule has 150 valence electrons. The number of alkyl halides is 3. The maximum Gasteiger partial charge on any atom is 0.435 e. The van der Waals surface area contributed by atoms with E-state index in [2.05, 4.69) is 50.4 Å². The second kappa shape index (κ2) is 7.44. The lowest BCUT2D eigenvalue weighted by Crippen LogP contribution is -2.55. The number of aryl methyl sites for hydroxylation is 1. The summed E-state index contributed by atoms with van der Waals surface area (Å²) in [5, 5.41) is 5.21. The van der Waals surface area contributed by atoms with Gasteiger partial charge in [0, 0.05) is 38.1 Å². The van der Waals surface area contributed by atoms with Gasteiger partial charge in [0.25, 0.3) is 0 Å². The Morgan fingerprint density at radius 3 is 2.54 bits per heavy atom. The first-order valence-electron chi connectivity index (χ1n) is 9.11. The number of para-hydroxylation sites is 1. The lowest BCUT2D eigenvalue weighted by atomic mass is 10.1. The molecule has 0 aliphatic carbocycles. The Morgan fingerprint density at radius 1 is 1.11 bits per heavy atom. The monoisotopic (exact) mass is 393 g/mol. The molecule has 1 fully saturated rings. The van der Waals surface area contributed by atoms with Crippen molar-refractivity contribution in [2.45, 2.75) is 26.1 Å². The fraction of sp³-hybridized carbons (Fsp3) is 0.444. The topological polar surface area (TPSA) is 51.9 Å². The van der Waals surface area contributed by atoms with Gasteiger partial charge in [-0.25, -0.2) is 4.99 Å². The van der Waals surface area contributed by atoms with Gasteiger partial charge in [-0.1, -0.05) is 18.2 Å². The Kier molecular flexibility index (Phi) is 4.98. The lowest BCUT2D eigenvalue weighted by molar-refractivity contribution is -0.141. The summed E-state index contributed by atoms with van der Waals surface area (Å²) in [5.41, 5.74) is 4.82. The van der Waals surface area contributed by atoms with Crippen LogP contribution in [-0.2, 0) is 12.8 Å². The maximum absolute atomic E-state index is 12.7. The number of piperazine rings is 1. The molecule has 0 spiro atoms. The van der Waals surface area contributed by atoms with Gasteiger partial charge < -0.3 is 4.90 Å². The molecule has 1 aromatic carbocycles. The van der Waals surface area contributed by atoms with E-state index in [1.54, 1.807) is 11.3 Å². The molecule has 1 saturated heterocycles. The number of aliphatic imine (C=N–C) groups is 1. The van der Waals surface area contributed by atoms with Crippen LogP contribution in [0.25, 0.3) is 0 Å². The van der Waals surface area contributed by atoms with E-state index in [9.17, 15) is 13.2 Å². The van der Waals surface area contributed by atoms with Crippen molar-refractivity contribution in [2.24, 2.45) is 4.99 Å². The number of nitrogens with zero attached hydrogens (tertiary/aromatic N) is 6. The van der Waals surface area contributed by atoms with Crippen molar-refractivity contribution in [3.63, 3.8) is 0 Å². The molecule has 1 aromatic heterocycles. The minimum atomic E-state index is -4.43. The fourth-order valence-electron chi connectivity index (χ4n) is 3.49. The molecule has 28 heavy (non-hydrogen) atoms. The molecule has 0 bridgehead atoms. The van der Waals surface area contributed by atoms with E-state index in [1.165, 1.54) is 22.1 Å². The van der Waals surface area contributed by atoms with Gasteiger partial charge in [-0.2, -0.15) is 23.7 Å². The molecule has 0 radical (unpaired) electrons. The van der Waals surface area contributed by atoms with Crippen LogP contribution in [0, 0.1) is 6.92 Å². The predicted octanol–water partition coefficient (Wildman–Crippen LogP) is 2.12. The molecule has 3 heterocycles. The van der Waals surface area contributed by atoms with Crippen molar-refractivity contribution in [3.05, 3.63) is 47.8 Å². The van der Waals surface area contributed by atoms with Crippen molar-refractivity contribution in [1.82, 2.24) is 25.1 Å². The highest BCUT2D eigenvalue weighted by atomic mass is 19.4. The first kappa shape index (κ1) is 18.8. The van der Waals surface area contributed by atoms with Gasteiger partial charge in [-0.3, -0.25) is 14.6 Å². The third-order valence-electron chi connectivity index (χ3n) is 4.97. The summed E-state index contributed by atoms with van der Waals surface area (Å²) in [5.74, 6) is 0. The highest BCUT2D eigenvalue weighted by molar-refractivity contribution is 5.56. The first-order valence-corrected chi connectivity index (χ1v) is 9.11. The Labute approximate surface area is 161 Å². The number of anilines is 1. The Hall–Kier alpha value is -2.59. The number of benzene rings is 1. The van der Waals surface area contributed by atoms with E-state index < -0.39 is 11.9 Å². The van der Waals surface area contributed by atoms with Crippen LogP contribution in [0.1, 0.15) is 11.3 Å². The van der Waals surface area contributed by atoms with Crippen molar-refractivity contribution >= 4 is 12.0 Å². The van der Waals surface area contributed by atoms with E-state index in [4.69, 9.17) is 0 Å². The number of hydrogen-bond acceptors (Lipinski definition) is 6. The second-order valence-electron chi connectivity index (χ2n) is 6.93. The summed E-state index contributed by atoms with van der Waals surface area (Å²) in [6.07, 6.45) is -1.73. The van der Waals surface area contributed by atoms with Gasteiger partial charge in [0.05, 0.1) is 0 Å². The minimum Gasteiger partial charge on any atom is -0.369 e. The number of hydrogen-bond donors (Lipinski definition) is 1. The lowest BCUT2D eigenvalue weighted by Gasteiger charge is -2.38. The zero-order valence-electron chi connectivity index (χ0n) is 15.5. The number of aromatic nitrogens is 2. The molecule has 1 unspecified atom stereocenters. The smallest absolute Gasteiger partial charge is 0.369 e. The molecule has 10 heteroatoms. The largest absolute Gasteiger partial charge is 0.435 e. The standard InChI is InChI=1S/C18H22F3N7/c1-14-4-2-3-5-15(14)25-8-10-26(11-9-25)17-22-12-28(24-17)13-27-7-6-16(23-27)18(19,20)21/h2-7,12,17,24H,8-11,13H2,1H3. The van der Waals surface area contributed by atoms with E-state index in [1.807, 2.05) is 6.07 Å². The average molecular weight is 393 g/mol. The summed E-state index contributed by atoms with van der Waals surface area (Å²) in [6, 6.07) is 9.31. The van der Waals surface area contributed by atoms with Gasteiger partial charge in [-0.15, -0.1) is 0 Å². The molecule has 4 rings (SSSR count). The van der Waals surface area contributed by atoms with Crippen LogP contribution in [0.5, 0.6) is 0 Å². The molecule has 0 amide bonds. The minimum absolute atomic E-state index is 0.152. The number of rotatable bonds is 4. The molecule has 2 aromatic rings. The zero-order valence-corrected chi connectivity index (χ0v) is 15.5. The summed E-state index contributed by atoms with van der Waals surface area (Å²) in [6.45, 7) is 5.74. The second-order valence-corrected chi connectivity index (χ2v) is 6.93. The Bertz CT molecular complexity index is 840. The Morgan fingerprint density at radius 2 is 1.86 bits per heavy atom. The van der Waals surface area contributed by atoms with Crippen LogP contribution in [0.3, 0.4) is 0 Å². The Balaban J connectivity index is 1.29. The van der Waals surface area contributed by atoms with Crippen molar-refractivity contribution in [3.8, 4) is 0 Å². The number of halogens is 3. The van der Waals surface area contributed by atoms with Crippen LogP contribution >= 0.6 is 0 Å². The molecule has 7 nitrogen and oxygen atoms in total. The highest BCUT2D eigenvalue weighted by Gasteiger charge is 2.34. The van der Waals surface area contributed by atoms with E-state index in [-0.39, 0.29) is 13.0 Å². The molecule has 0 saturated carbocycles. The summed E-state index contributed by atoms with van der Waals surface area (Å²) < 4.78 is 39.2. The van der Waals surface area contributed by atoms with Gasteiger partial charge in [0.15, 0.2) is 12.0 Å². The summed E-state index contributed by atoms with van der Waals surface area (Å²) in [7, 11) is 0. The highest BCUT2D eigenvalue weighted by Crippen LogP contribution is 2.27. The van der Waals surface area contributed by atoms with Gasteiger partial charge in [-0.05, 0) is 24.6 Å². The third-order valence-corrected chi connectivity index (χ3v) is 4.97. The zero-order chi connectivity index (χ0) is 19.7. The molecule has 2 aliphatic heterocycles. The van der Waals surface area contributed by atoms with Crippen LogP contribution in [0.2, 0.25) is 0 Å². The van der Waals surface area contributed by atoms with Crippen LogP contribution < -0.4 is 10.3 Å². The maximum atomic E-state index is 12.7. The van der Waals surface area contributed by atoms with Crippen LogP contribution in [0.4, 0.5) is 18.9 Å². The van der Waals surface area contributed by atoms with Gasteiger partial charge >= 0.3 is 6.18 Å². The van der Waals surface area contributed by atoms with E-state index in [0.29, 0.717) is 0 Å². The van der Waals surface area contributed by atoms with Crippen LogP contribution in [-0.4, -0.2) is 58.5 Å². The molecular formula is C18H22F3N7. The SMILES string of the molecule is Cc1ccccc1N1CCN(C2N=CN(Cn3ccc(C(F)(F)F)n3)N2)CC1. The normalized spacial score (nSPS) is 20.9. The van der Waals surface area contributed by atoms with Crippen molar-refractivity contribution < 1.29 is 13.2 Å². The number of hydrazine groups is 1. The van der Waals surface area contributed by atoms with Crippen molar-refractivity contribution in [1.29, 1.82) is 0 Å².